The molecule has 0 aliphatic heterocycles. The molecule has 0 radical (unpaired) electrons. The van der Waals surface area contributed by atoms with E-state index in [-0.39, 0.29) is 5.91 Å². The molecule has 92 valence electrons. The first kappa shape index (κ1) is 12.8. The predicted molar refractivity (Wildman–Crippen MR) is 76.5 cm³/mol. The third-order valence-corrected chi connectivity index (χ3v) is 2.74. The highest BCUT2D eigenvalue weighted by Crippen LogP contribution is 2.11. The maximum absolute atomic E-state index is 11.5. The van der Waals surface area contributed by atoms with Gasteiger partial charge in [0, 0.05) is 12.3 Å². The second-order valence-electron chi connectivity index (χ2n) is 3.51. The molecule has 4 nitrogen and oxygen atoms in total. The summed E-state index contributed by atoms with van der Waals surface area (Å²) >= 11 is 2.07. The molecule has 0 saturated carbocycles. The van der Waals surface area contributed by atoms with Crippen molar-refractivity contribution >= 4 is 34.6 Å². The van der Waals surface area contributed by atoms with Gasteiger partial charge in [-0.25, -0.2) is 0 Å². The lowest BCUT2D eigenvalue weighted by Crippen LogP contribution is -2.20. The first-order valence-corrected chi connectivity index (χ1v) is 6.43. The number of nitrogens with one attached hydrogen (secondary N) is 1. The largest absolute Gasteiger partial charge is 0.451 e. The first-order valence-electron chi connectivity index (χ1n) is 5.35. The number of aromatic nitrogens is 1. The molecule has 1 amide bonds. The van der Waals surface area contributed by atoms with E-state index in [1.165, 1.54) is 6.08 Å². The summed E-state index contributed by atoms with van der Waals surface area (Å²) in [5, 5.41) is 2.74. The lowest BCUT2D eigenvalue weighted by Gasteiger charge is -2.00. The fraction of sp³-hybridized carbons (Fsp3) is 0.0769. The van der Waals surface area contributed by atoms with E-state index in [4.69, 9.17) is 4.42 Å². The first-order chi connectivity index (χ1) is 8.74. The van der Waals surface area contributed by atoms with Crippen LogP contribution < -0.4 is 5.32 Å². The van der Waals surface area contributed by atoms with Crippen LogP contribution in [0.2, 0.25) is 0 Å². The molecule has 0 saturated heterocycles. The molecular weight excluding hydrogens is 343 g/mol. The van der Waals surface area contributed by atoms with E-state index in [1.54, 1.807) is 12.3 Å². The number of pyridine rings is 1. The van der Waals surface area contributed by atoms with Crippen molar-refractivity contribution in [2.75, 3.05) is 0 Å². The van der Waals surface area contributed by atoms with E-state index in [0.717, 1.165) is 9.46 Å². The number of halogens is 1. The predicted octanol–water partition coefficient (Wildman–Crippen LogP) is 2.61. The molecular formula is C13H11IN2O2. The zero-order valence-corrected chi connectivity index (χ0v) is 11.6. The van der Waals surface area contributed by atoms with Gasteiger partial charge in [0.1, 0.15) is 5.76 Å². The van der Waals surface area contributed by atoms with Gasteiger partial charge in [-0.3, -0.25) is 9.78 Å². The van der Waals surface area contributed by atoms with Crippen molar-refractivity contribution in [3.63, 3.8) is 0 Å². The fourth-order valence-corrected chi connectivity index (χ4v) is 1.75. The molecule has 0 spiro atoms. The second kappa shape index (κ2) is 6.34. The molecule has 1 N–H and O–H groups in total. The molecule has 0 atom stereocenters. The van der Waals surface area contributed by atoms with Gasteiger partial charge in [0.2, 0.25) is 5.91 Å². The van der Waals surface area contributed by atoms with E-state index < -0.39 is 0 Å². The molecule has 2 rings (SSSR count). The molecule has 2 heterocycles. The van der Waals surface area contributed by atoms with Crippen LogP contribution in [-0.2, 0) is 11.3 Å². The summed E-state index contributed by atoms with van der Waals surface area (Å²) in [6.45, 7) is 0.416. The lowest BCUT2D eigenvalue weighted by atomic mass is 10.3. The van der Waals surface area contributed by atoms with Gasteiger partial charge in [0.25, 0.3) is 0 Å². The summed E-state index contributed by atoms with van der Waals surface area (Å²) in [7, 11) is 0. The topological polar surface area (TPSA) is 55.1 Å². The van der Waals surface area contributed by atoms with Crippen molar-refractivity contribution in [3.8, 4) is 0 Å². The monoisotopic (exact) mass is 354 g/mol. The highest BCUT2D eigenvalue weighted by atomic mass is 127. The third kappa shape index (κ3) is 3.99. The van der Waals surface area contributed by atoms with Gasteiger partial charge in [-0.2, -0.15) is 0 Å². The van der Waals surface area contributed by atoms with Gasteiger partial charge < -0.3 is 9.73 Å². The molecule has 0 bridgehead atoms. The van der Waals surface area contributed by atoms with E-state index in [9.17, 15) is 4.79 Å². The number of carbonyl (C=O) groups is 1. The van der Waals surface area contributed by atoms with Gasteiger partial charge in [-0.05, 0) is 52.9 Å². The Labute approximate surface area is 118 Å². The molecule has 0 aromatic carbocycles. The summed E-state index contributed by atoms with van der Waals surface area (Å²) in [6, 6.07) is 9.23. The number of rotatable bonds is 4. The SMILES string of the molecule is O=C(C=Cc1ccc(I)o1)NCc1ccccn1. The summed E-state index contributed by atoms with van der Waals surface area (Å²) in [4.78, 5) is 15.6. The molecule has 0 aliphatic rings. The van der Waals surface area contributed by atoms with Crippen molar-refractivity contribution < 1.29 is 9.21 Å². The Morgan fingerprint density at radius 2 is 2.28 bits per heavy atom. The highest BCUT2D eigenvalue weighted by Gasteiger charge is 1.98. The van der Waals surface area contributed by atoms with Crippen LogP contribution in [0.25, 0.3) is 6.08 Å². The molecule has 2 aromatic heterocycles. The van der Waals surface area contributed by atoms with Gasteiger partial charge in [-0.1, -0.05) is 6.07 Å². The van der Waals surface area contributed by atoms with Crippen molar-refractivity contribution in [1.82, 2.24) is 10.3 Å². The normalized spacial score (nSPS) is 10.7. The minimum absolute atomic E-state index is 0.174. The summed E-state index contributed by atoms with van der Waals surface area (Å²) in [5.41, 5.74) is 0.826. The maximum Gasteiger partial charge on any atom is 0.244 e. The number of hydrogen-bond acceptors (Lipinski definition) is 3. The van der Waals surface area contributed by atoms with Crippen molar-refractivity contribution in [1.29, 1.82) is 0 Å². The van der Waals surface area contributed by atoms with E-state index in [2.05, 4.69) is 32.9 Å². The van der Waals surface area contributed by atoms with Crippen LogP contribution in [0.1, 0.15) is 11.5 Å². The van der Waals surface area contributed by atoms with E-state index in [0.29, 0.717) is 12.3 Å². The Hall–Kier alpha value is -1.63. The number of nitrogens with zero attached hydrogens (tertiary/aromatic N) is 1. The Balaban J connectivity index is 1.84. The molecule has 0 unspecified atom stereocenters. The van der Waals surface area contributed by atoms with Crippen LogP contribution in [0.4, 0.5) is 0 Å². The zero-order chi connectivity index (χ0) is 12.8. The van der Waals surface area contributed by atoms with Crippen LogP contribution in [0.3, 0.4) is 0 Å². The molecule has 0 aliphatic carbocycles. The minimum Gasteiger partial charge on any atom is -0.451 e. The summed E-state index contributed by atoms with van der Waals surface area (Å²) < 4.78 is 6.10. The average Bonchev–Trinajstić information content (AvgIpc) is 2.81. The number of hydrogen-bond donors (Lipinski definition) is 1. The smallest absolute Gasteiger partial charge is 0.244 e. The maximum atomic E-state index is 11.5. The van der Waals surface area contributed by atoms with Crippen LogP contribution in [-0.4, -0.2) is 10.9 Å². The van der Waals surface area contributed by atoms with Crippen LogP contribution in [0, 0.1) is 3.77 Å². The Kier molecular flexibility index (Phi) is 4.52. The van der Waals surface area contributed by atoms with Crippen LogP contribution in [0.5, 0.6) is 0 Å². The lowest BCUT2D eigenvalue weighted by molar-refractivity contribution is -0.116. The van der Waals surface area contributed by atoms with Crippen molar-refractivity contribution in [3.05, 3.63) is 57.8 Å². The molecule has 2 aromatic rings. The van der Waals surface area contributed by atoms with Gasteiger partial charge in [-0.15, -0.1) is 0 Å². The number of amides is 1. The molecule has 5 heteroatoms. The van der Waals surface area contributed by atoms with E-state index >= 15 is 0 Å². The third-order valence-electron chi connectivity index (χ3n) is 2.16. The Morgan fingerprint density at radius 3 is 2.94 bits per heavy atom. The van der Waals surface area contributed by atoms with Gasteiger partial charge in [0.15, 0.2) is 3.77 Å². The van der Waals surface area contributed by atoms with E-state index in [1.807, 2.05) is 30.3 Å². The number of furan rings is 1. The quantitative estimate of drug-likeness (QED) is 0.678. The number of carbonyl (C=O) groups excluding carboxylic acids is 1. The van der Waals surface area contributed by atoms with Crippen molar-refractivity contribution in [2.45, 2.75) is 6.54 Å². The van der Waals surface area contributed by atoms with Crippen LogP contribution >= 0.6 is 22.6 Å². The standard InChI is InChI=1S/C13H11IN2O2/c14-12-6-4-11(18-12)5-7-13(17)16-9-10-3-1-2-8-15-10/h1-8H,9H2,(H,16,17). The van der Waals surface area contributed by atoms with Gasteiger partial charge >= 0.3 is 0 Å². The summed E-state index contributed by atoms with van der Waals surface area (Å²) in [6.07, 6.45) is 4.77. The van der Waals surface area contributed by atoms with Crippen LogP contribution in [0.15, 0.2) is 47.0 Å². The Morgan fingerprint density at radius 1 is 1.39 bits per heavy atom. The second-order valence-corrected chi connectivity index (χ2v) is 4.58. The fourth-order valence-electron chi connectivity index (χ4n) is 1.31. The average molecular weight is 354 g/mol. The Bertz CT molecular complexity index is 549. The van der Waals surface area contributed by atoms with Crippen molar-refractivity contribution in [2.24, 2.45) is 0 Å². The zero-order valence-electron chi connectivity index (χ0n) is 9.47. The highest BCUT2D eigenvalue weighted by molar-refractivity contribution is 14.1. The van der Waals surface area contributed by atoms with Gasteiger partial charge in [0.05, 0.1) is 12.2 Å². The molecule has 18 heavy (non-hydrogen) atoms. The summed E-state index contributed by atoms with van der Waals surface area (Å²) in [5.74, 6) is 0.486. The minimum atomic E-state index is -0.174. The molecule has 0 fully saturated rings.